The summed E-state index contributed by atoms with van der Waals surface area (Å²) in [6.45, 7) is 7.50. The first-order valence-corrected chi connectivity index (χ1v) is 4.54. The minimum absolute atomic E-state index is 0.183. The Bertz CT molecular complexity index is 409. The van der Waals surface area contributed by atoms with Gasteiger partial charge < -0.3 is 0 Å². The van der Waals surface area contributed by atoms with Gasteiger partial charge in [0.15, 0.2) is 0 Å². The van der Waals surface area contributed by atoms with Crippen molar-refractivity contribution in [3.8, 4) is 0 Å². The average Bonchev–Trinajstić information content (AvgIpc) is 2.17. The lowest BCUT2D eigenvalue weighted by atomic mass is 10.2. The number of hydrogen-bond acceptors (Lipinski definition) is 2. The summed E-state index contributed by atoms with van der Waals surface area (Å²) in [5, 5.41) is 4.26. The van der Waals surface area contributed by atoms with E-state index >= 15 is 0 Å². The number of rotatable bonds is 4. The molecule has 1 rings (SSSR count). The molecule has 0 bridgehead atoms. The van der Waals surface area contributed by atoms with Crippen molar-refractivity contribution in [1.82, 2.24) is 9.78 Å². The molecule has 0 N–H and O–H groups in total. The van der Waals surface area contributed by atoms with E-state index in [2.05, 4.69) is 18.3 Å². The van der Waals surface area contributed by atoms with E-state index in [-0.39, 0.29) is 5.56 Å². The fourth-order valence-corrected chi connectivity index (χ4v) is 1.29. The van der Waals surface area contributed by atoms with E-state index in [0.717, 1.165) is 0 Å². The van der Waals surface area contributed by atoms with Crippen LogP contribution in [0.3, 0.4) is 0 Å². The molecule has 1 aromatic heterocycles. The van der Waals surface area contributed by atoms with E-state index in [0.29, 0.717) is 23.6 Å². The highest BCUT2D eigenvalue weighted by Crippen LogP contribution is 2.10. The van der Waals surface area contributed by atoms with E-state index in [1.807, 2.05) is 0 Å². The Morgan fingerprint density at radius 2 is 2.21 bits per heavy atom. The zero-order chi connectivity index (χ0) is 10.6. The lowest BCUT2D eigenvalue weighted by molar-refractivity contribution is 0.644. The molecular weight excluding hydrogens is 200 g/mol. The van der Waals surface area contributed by atoms with Gasteiger partial charge in [0, 0.05) is 5.56 Å². The number of aromatic nitrogens is 2. The molecule has 0 unspecified atom stereocenters. The Hall–Kier alpha value is -1.35. The molecule has 0 fully saturated rings. The molecule has 74 valence electrons. The van der Waals surface area contributed by atoms with Crippen molar-refractivity contribution in [2.45, 2.75) is 13.0 Å². The zero-order valence-corrected chi connectivity index (χ0v) is 8.50. The van der Waals surface area contributed by atoms with Crippen LogP contribution in [0.4, 0.5) is 0 Å². The maximum atomic E-state index is 11.7. The Kier molecular flexibility index (Phi) is 3.65. The minimum Gasteiger partial charge on any atom is -0.267 e. The first-order chi connectivity index (χ1) is 6.70. The van der Waals surface area contributed by atoms with E-state index in [4.69, 9.17) is 11.6 Å². The molecule has 0 radical (unpaired) electrons. The molecule has 14 heavy (non-hydrogen) atoms. The SMILES string of the molecule is C=CCc1c(Cl)cnn(CC=C)c1=O. The van der Waals surface area contributed by atoms with Crippen molar-refractivity contribution in [2.75, 3.05) is 0 Å². The van der Waals surface area contributed by atoms with Crippen molar-refractivity contribution in [3.05, 3.63) is 52.4 Å². The Morgan fingerprint density at radius 1 is 1.50 bits per heavy atom. The van der Waals surface area contributed by atoms with Gasteiger partial charge in [-0.15, -0.1) is 13.2 Å². The topological polar surface area (TPSA) is 34.9 Å². The first kappa shape index (κ1) is 10.7. The van der Waals surface area contributed by atoms with E-state index in [1.54, 1.807) is 12.2 Å². The van der Waals surface area contributed by atoms with Gasteiger partial charge in [-0.2, -0.15) is 5.10 Å². The van der Waals surface area contributed by atoms with Crippen LogP contribution in [-0.2, 0) is 13.0 Å². The summed E-state index contributed by atoms with van der Waals surface area (Å²) in [4.78, 5) is 11.7. The third kappa shape index (κ3) is 2.12. The highest BCUT2D eigenvalue weighted by Gasteiger charge is 2.06. The standard InChI is InChI=1S/C10H11ClN2O/c1-3-5-8-9(11)7-12-13(6-4-2)10(8)14/h3-4,7H,1-2,5-6H2. The summed E-state index contributed by atoms with van der Waals surface area (Å²) in [6.07, 6.45) is 5.17. The normalized spacial score (nSPS) is 9.79. The highest BCUT2D eigenvalue weighted by molar-refractivity contribution is 6.31. The predicted molar refractivity (Wildman–Crippen MR) is 57.6 cm³/mol. The van der Waals surface area contributed by atoms with Gasteiger partial charge in [0.25, 0.3) is 5.56 Å². The van der Waals surface area contributed by atoms with Crippen molar-refractivity contribution >= 4 is 11.6 Å². The third-order valence-electron chi connectivity index (χ3n) is 1.74. The van der Waals surface area contributed by atoms with Crippen LogP contribution in [0.5, 0.6) is 0 Å². The van der Waals surface area contributed by atoms with Gasteiger partial charge in [0.05, 0.1) is 17.8 Å². The van der Waals surface area contributed by atoms with E-state index < -0.39 is 0 Å². The monoisotopic (exact) mass is 210 g/mol. The maximum absolute atomic E-state index is 11.7. The van der Waals surface area contributed by atoms with Gasteiger partial charge in [-0.05, 0) is 6.42 Å². The van der Waals surface area contributed by atoms with E-state index in [1.165, 1.54) is 10.9 Å². The fourth-order valence-electron chi connectivity index (χ4n) is 1.09. The van der Waals surface area contributed by atoms with Gasteiger partial charge in [-0.3, -0.25) is 4.79 Å². The minimum atomic E-state index is -0.183. The predicted octanol–water partition coefficient (Wildman–Crippen LogP) is 1.81. The van der Waals surface area contributed by atoms with Crippen LogP contribution >= 0.6 is 11.6 Å². The van der Waals surface area contributed by atoms with Crippen molar-refractivity contribution in [2.24, 2.45) is 0 Å². The molecular formula is C10H11ClN2O. The number of hydrogen-bond donors (Lipinski definition) is 0. The summed E-state index contributed by atoms with van der Waals surface area (Å²) in [7, 11) is 0. The summed E-state index contributed by atoms with van der Waals surface area (Å²) in [5.74, 6) is 0. The van der Waals surface area contributed by atoms with Crippen LogP contribution < -0.4 is 5.56 Å². The molecule has 0 aromatic carbocycles. The summed E-state index contributed by atoms with van der Waals surface area (Å²) < 4.78 is 1.32. The average molecular weight is 211 g/mol. The van der Waals surface area contributed by atoms with Gasteiger partial charge in [0.1, 0.15) is 0 Å². The summed E-state index contributed by atoms with van der Waals surface area (Å²) in [6, 6.07) is 0. The van der Waals surface area contributed by atoms with Crippen molar-refractivity contribution < 1.29 is 0 Å². The molecule has 0 aliphatic carbocycles. The van der Waals surface area contributed by atoms with Gasteiger partial charge in [0.2, 0.25) is 0 Å². The van der Waals surface area contributed by atoms with Crippen molar-refractivity contribution in [1.29, 1.82) is 0 Å². The largest absolute Gasteiger partial charge is 0.272 e. The van der Waals surface area contributed by atoms with Crippen LogP contribution in [0.15, 0.2) is 36.3 Å². The van der Waals surface area contributed by atoms with Crippen LogP contribution in [-0.4, -0.2) is 9.78 Å². The van der Waals surface area contributed by atoms with Crippen molar-refractivity contribution in [3.63, 3.8) is 0 Å². The molecule has 0 spiro atoms. The smallest absolute Gasteiger partial charge is 0.267 e. The molecule has 1 heterocycles. The molecule has 3 nitrogen and oxygen atoms in total. The molecule has 4 heteroatoms. The summed E-state index contributed by atoms with van der Waals surface area (Å²) >= 11 is 5.83. The third-order valence-corrected chi connectivity index (χ3v) is 2.07. The molecule has 0 saturated carbocycles. The molecule has 0 amide bonds. The van der Waals surface area contributed by atoms with Gasteiger partial charge in [-0.25, -0.2) is 4.68 Å². The second kappa shape index (κ2) is 4.77. The van der Waals surface area contributed by atoms with Crippen LogP contribution in [0.1, 0.15) is 5.56 Å². The quantitative estimate of drug-likeness (QED) is 0.711. The second-order valence-corrected chi connectivity index (χ2v) is 3.15. The molecule has 1 aromatic rings. The fraction of sp³-hybridized carbons (Fsp3) is 0.200. The second-order valence-electron chi connectivity index (χ2n) is 2.74. The number of allylic oxidation sites excluding steroid dienone is 2. The molecule has 0 aliphatic heterocycles. The van der Waals surface area contributed by atoms with Crippen LogP contribution in [0, 0.1) is 0 Å². The first-order valence-electron chi connectivity index (χ1n) is 4.17. The zero-order valence-electron chi connectivity index (χ0n) is 7.74. The number of halogens is 1. The number of nitrogens with zero attached hydrogens (tertiary/aromatic N) is 2. The Labute approximate surface area is 87.3 Å². The summed E-state index contributed by atoms with van der Waals surface area (Å²) in [5.41, 5.74) is 0.343. The highest BCUT2D eigenvalue weighted by atomic mass is 35.5. The lowest BCUT2D eigenvalue weighted by Gasteiger charge is -2.04. The van der Waals surface area contributed by atoms with Gasteiger partial charge in [-0.1, -0.05) is 23.8 Å². The lowest BCUT2D eigenvalue weighted by Crippen LogP contribution is -2.25. The van der Waals surface area contributed by atoms with E-state index in [9.17, 15) is 4.79 Å². The Balaban J connectivity index is 3.25. The molecule has 0 aliphatic rings. The van der Waals surface area contributed by atoms with Crippen LogP contribution in [0.2, 0.25) is 5.02 Å². The van der Waals surface area contributed by atoms with Crippen LogP contribution in [0.25, 0.3) is 0 Å². The molecule has 0 saturated heterocycles. The Morgan fingerprint density at radius 3 is 2.79 bits per heavy atom. The maximum Gasteiger partial charge on any atom is 0.272 e. The van der Waals surface area contributed by atoms with Gasteiger partial charge >= 0.3 is 0 Å². The molecule has 0 atom stereocenters.